The zero-order chi connectivity index (χ0) is 22.8. The van der Waals surface area contributed by atoms with Crippen molar-refractivity contribution < 1.29 is 9.18 Å². The quantitative estimate of drug-likeness (QED) is 0.614. The number of benzene rings is 2. The Hall–Kier alpha value is -3.42. The predicted molar refractivity (Wildman–Crippen MR) is 123 cm³/mol. The van der Waals surface area contributed by atoms with E-state index in [9.17, 15) is 18.8 Å². The number of fused-ring (bicyclic) bond motifs is 1. The maximum Gasteiger partial charge on any atom is 0.332 e. The minimum Gasteiger partial charge on any atom is -0.366 e. The van der Waals surface area contributed by atoms with Gasteiger partial charge in [0.25, 0.3) is 5.56 Å². The molecular weight excluding hydrogens is 411 g/mol. The summed E-state index contributed by atoms with van der Waals surface area (Å²) in [4.78, 5) is 42.8. The van der Waals surface area contributed by atoms with Crippen LogP contribution in [-0.4, -0.2) is 46.1 Å². The number of carbonyl (C=O) groups is 1. The Morgan fingerprint density at radius 1 is 1.00 bits per heavy atom. The Labute approximate surface area is 185 Å². The summed E-state index contributed by atoms with van der Waals surface area (Å²) in [5.74, 6) is -0.475. The molecule has 2 aromatic carbocycles. The van der Waals surface area contributed by atoms with Crippen molar-refractivity contribution in [3.8, 4) is 0 Å². The summed E-state index contributed by atoms with van der Waals surface area (Å²) in [5.41, 5.74) is 0.186. The highest BCUT2D eigenvalue weighted by atomic mass is 19.1. The number of hydrogen-bond acceptors (Lipinski definition) is 4. The number of nitrogens with zero attached hydrogens (tertiary/aromatic N) is 4. The molecule has 4 rings (SSSR count). The fourth-order valence-electron chi connectivity index (χ4n) is 4.20. The molecule has 3 aromatic rings. The van der Waals surface area contributed by atoms with Gasteiger partial charge in [-0.2, -0.15) is 0 Å². The molecule has 1 unspecified atom stereocenters. The van der Waals surface area contributed by atoms with Gasteiger partial charge in [-0.1, -0.05) is 31.2 Å². The Balaban J connectivity index is 1.59. The summed E-state index contributed by atoms with van der Waals surface area (Å²) in [6.45, 7) is 5.48. The molecule has 0 bridgehead atoms. The first-order valence-corrected chi connectivity index (χ1v) is 10.9. The Morgan fingerprint density at radius 3 is 2.34 bits per heavy atom. The normalized spacial score (nSPS) is 15.2. The van der Waals surface area contributed by atoms with Gasteiger partial charge in [-0.05, 0) is 37.6 Å². The lowest BCUT2D eigenvalue weighted by atomic mass is 10.2. The summed E-state index contributed by atoms with van der Waals surface area (Å²) in [5, 5.41) is 0.421. The number of rotatable bonds is 5. The van der Waals surface area contributed by atoms with E-state index >= 15 is 0 Å². The van der Waals surface area contributed by atoms with Crippen LogP contribution < -0.4 is 16.1 Å². The van der Waals surface area contributed by atoms with E-state index in [1.165, 1.54) is 15.2 Å². The molecule has 1 amide bonds. The second-order valence-electron chi connectivity index (χ2n) is 8.14. The summed E-state index contributed by atoms with van der Waals surface area (Å²) >= 11 is 0. The van der Waals surface area contributed by atoms with E-state index < -0.39 is 5.69 Å². The number of para-hydroxylation sites is 2. The van der Waals surface area contributed by atoms with Crippen LogP contribution in [0.2, 0.25) is 0 Å². The molecule has 2 heterocycles. The van der Waals surface area contributed by atoms with E-state index in [1.54, 1.807) is 47.4 Å². The van der Waals surface area contributed by atoms with Gasteiger partial charge in [-0.25, -0.2) is 9.18 Å². The second-order valence-corrected chi connectivity index (χ2v) is 8.14. The van der Waals surface area contributed by atoms with Gasteiger partial charge < -0.3 is 9.80 Å². The van der Waals surface area contributed by atoms with Crippen LogP contribution in [-0.2, 0) is 11.3 Å². The fraction of sp³-hybridized carbons (Fsp3) is 0.375. The summed E-state index contributed by atoms with van der Waals surface area (Å²) in [6, 6.07) is 13.2. The standard InChI is InChI=1S/C24H27FN4O3/c1-3-17(2)29-23(31)18-8-4-6-10-20(18)28(24(29)32)16-22(30)27-14-12-26(13-15-27)21-11-7-5-9-19(21)25/h4-11,17H,3,12-16H2,1-2H3. The Morgan fingerprint density at radius 2 is 1.66 bits per heavy atom. The molecule has 0 aliphatic carbocycles. The van der Waals surface area contributed by atoms with Crippen LogP contribution in [0.3, 0.4) is 0 Å². The molecule has 1 atom stereocenters. The summed E-state index contributed by atoms with van der Waals surface area (Å²) in [6.07, 6.45) is 0.624. The van der Waals surface area contributed by atoms with Crippen molar-refractivity contribution in [1.29, 1.82) is 0 Å². The highest BCUT2D eigenvalue weighted by molar-refractivity contribution is 5.82. The van der Waals surface area contributed by atoms with Gasteiger partial charge in [0.2, 0.25) is 5.91 Å². The van der Waals surface area contributed by atoms with Crippen LogP contribution in [0.1, 0.15) is 26.3 Å². The number of amides is 1. The van der Waals surface area contributed by atoms with Crippen molar-refractivity contribution in [2.45, 2.75) is 32.9 Å². The predicted octanol–water partition coefficient (Wildman–Crippen LogP) is 2.62. The number of anilines is 1. The number of halogens is 1. The third kappa shape index (κ3) is 3.92. The van der Waals surface area contributed by atoms with Gasteiger partial charge in [0, 0.05) is 32.2 Å². The highest BCUT2D eigenvalue weighted by Gasteiger charge is 2.24. The second kappa shape index (κ2) is 8.98. The van der Waals surface area contributed by atoms with Gasteiger partial charge in [0.15, 0.2) is 0 Å². The molecule has 1 fully saturated rings. The van der Waals surface area contributed by atoms with Crippen LogP contribution >= 0.6 is 0 Å². The van der Waals surface area contributed by atoms with Crippen LogP contribution in [0.15, 0.2) is 58.1 Å². The van der Waals surface area contributed by atoms with Crippen molar-refractivity contribution in [1.82, 2.24) is 14.0 Å². The first-order valence-electron chi connectivity index (χ1n) is 10.9. The van der Waals surface area contributed by atoms with Gasteiger partial charge in [-0.3, -0.25) is 18.7 Å². The van der Waals surface area contributed by atoms with Crippen molar-refractivity contribution >= 4 is 22.5 Å². The molecule has 0 N–H and O–H groups in total. The van der Waals surface area contributed by atoms with Crippen molar-refractivity contribution in [3.63, 3.8) is 0 Å². The van der Waals surface area contributed by atoms with Gasteiger partial charge in [0.05, 0.1) is 16.6 Å². The monoisotopic (exact) mass is 438 g/mol. The van der Waals surface area contributed by atoms with Gasteiger partial charge in [-0.15, -0.1) is 0 Å². The molecule has 7 nitrogen and oxygen atoms in total. The molecule has 1 aliphatic rings. The van der Waals surface area contributed by atoms with E-state index in [0.29, 0.717) is 49.2 Å². The number of piperazine rings is 1. The highest BCUT2D eigenvalue weighted by Crippen LogP contribution is 2.20. The Kier molecular flexibility index (Phi) is 6.12. The average Bonchev–Trinajstić information content (AvgIpc) is 2.82. The van der Waals surface area contributed by atoms with E-state index in [4.69, 9.17) is 0 Å². The Bertz CT molecular complexity index is 1260. The first-order chi connectivity index (χ1) is 15.4. The first kappa shape index (κ1) is 21.8. The topological polar surface area (TPSA) is 67.6 Å². The molecule has 8 heteroatoms. The maximum atomic E-state index is 14.1. The van der Waals surface area contributed by atoms with Gasteiger partial charge >= 0.3 is 5.69 Å². The zero-order valence-corrected chi connectivity index (χ0v) is 18.3. The molecule has 0 spiro atoms. The van der Waals surface area contributed by atoms with Crippen LogP contribution in [0, 0.1) is 5.82 Å². The molecule has 1 aliphatic heterocycles. The lowest BCUT2D eigenvalue weighted by Crippen LogP contribution is -2.51. The van der Waals surface area contributed by atoms with E-state index in [0.717, 1.165) is 0 Å². The smallest absolute Gasteiger partial charge is 0.332 e. The molecule has 1 aromatic heterocycles. The van der Waals surface area contributed by atoms with Gasteiger partial charge in [0.1, 0.15) is 12.4 Å². The van der Waals surface area contributed by atoms with E-state index in [2.05, 4.69) is 0 Å². The van der Waals surface area contributed by atoms with Crippen molar-refractivity contribution in [2.75, 3.05) is 31.1 Å². The molecule has 168 valence electrons. The molecular formula is C24H27FN4O3. The molecule has 1 saturated heterocycles. The van der Waals surface area contributed by atoms with Crippen molar-refractivity contribution in [3.05, 3.63) is 75.2 Å². The van der Waals surface area contributed by atoms with E-state index in [1.807, 2.05) is 18.7 Å². The van der Waals surface area contributed by atoms with Crippen molar-refractivity contribution in [2.24, 2.45) is 0 Å². The van der Waals surface area contributed by atoms with E-state index in [-0.39, 0.29) is 29.9 Å². The third-order valence-corrected chi connectivity index (χ3v) is 6.23. The molecule has 0 saturated carbocycles. The summed E-state index contributed by atoms with van der Waals surface area (Å²) in [7, 11) is 0. The number of hydrogen-bond donors (Lipinski definition) is 0. The number of aromatic nitrogens is 2. The fourth-order valence-corrected chi connectivity index (χ4v) is 4.20. The maximum absolute atomic E-state index is 14.1. The lowest BCUT2D eigenvalue weighted by Gasteiger charge is -2.36. The lowest BCUT2D eigenvalue weighted by molar-refractivity contribution is -0.132. The van der Waals surface area contributed by atoms with Crippen LogP contribution in [0.4, 0.5) is 10.1 Å². The third-order valence-electron chi connectivity index (χ3n) is 6.23. The average molecular weight is 439 g/mol. The largest absolute Gasteiger partial charge is 0.366 e. The van der Waals surface area contributed by atoms with Crippen LogP contribution in [0.5, 0.6) is 0 Å². The molecule has 0 radical (unpaired) electrons. The number of carbonyl (C=O) groups excluding carboxylic acids is 1. The summed E-state index contributed by atoms with van der Waals surface area (Å²) < 4.78 is 16.7. The van der Waals surface area contributed by atoms with Crippen LogP contribution in [0.25, 0.3) is 10.9 Å². The minimum atomic E-state index is -0.471. The minimum absolute atomic E-state index is 0.143. The zero-order valence-electron chi connectivity index (χ0n) is 18.3. The molecule has 32 heavy (non-hydrogen) atoms. The SMILES string of the molecule is CCC(C)n1c(=O)c2ccccc2n(CC(=O)N2CCN(c3ccccc3F)CC2)c1=O.